The first-order valence-electron chi connectivity index (χ1n) is 4.08. The summed E-state index contributed by atoms with van der Waals surface area (Å²) in [4.78, 5) is 0. The van der Waals surface area contributed by atoms with E-state index >= 15 is 0 Å². The van der Waals surface area contributed by atoms with Gasteiger partial charge in [0.05, 0.1) is 17.4 Å². The maximum Gasteiger partial charge on any atom is 0.132 e. The fraction of sp³-hybridized carbons (Fsp3) is 0.400. The zero-order valence-corrected chi connectivity index (χ0v) is 9.84. The van der Waals surface area contributed by atoms with E-state index in [1.807, 2.05) is 25.1 Å². The van der Waals surface area contributed by atoms with Crippen LogP contribution in [-0.4, -0.2) is 13.8 Å². The summed E-state index contributed by atoms with van der Waals surface area (Å²) >= 11 is 2.19. The Hall–Kier alpha value is -0.320. The second-order valence-electron chi connectivity index (χ2n) is 2.95. The molecule has 1 nitrogen and oxygen atoms in total. The van der Waals surface area contributed by atoms with Gasteiger partial charge in [-0.25, -0.2) is 0 Å². The van der Waals surface area contributed by atoms with Crippen molar-refractivity contribution in [2.24, 2.45) is 0 Å². The highest BCUT2D eigenvalue weighted by atomic mass is 127. The quantitative estimate of drug-likeness (QED) is 0.777. The van der Waals surface area contributed by atoms with E-state index in [4.69, 9.17) is 4.74 Å². The number of benzene rings is 1. The van der Waals surface area contributed by atoms with Gasteiger partial charge >= 0.3 is 0 Å². The number of methoxy groups -OCH3 is 1. The van der Waals surface area contributed by atoms with Crippen LogP contribution in [-0.2, 0) is 0 Å². The molecule has 1 atom stereocenters. The second kappa shape index (κ2) is 4.79. The van der Waals surface area contributed by atoms with Gasteiger partial charge in [0, 0.05) is 5.92 Å². The van der Waals surface area contributed by atoms with E-state index in [9.17, 15) is 4.39 Å². The molecule has 0 aromatic heterocycles. The first-order valence-corrected chi connectivity index (χ1v) is 5.16. The lowest BCUT2D eigenvalue weighted by atomic mass is 10.0. The summed E-state index contributed by atoms with van der Waals surface area (Å²) in [6, 6.07) is 5.78. The van der Waals surface area contributed by atoms with Crippen molar-refractivity contribution in [3.63, 3.8) is 0 Å². The lowest BCUT2D eigenvalue weighted by Crippen LogP contribution is -1.97. The van der Waals surface area contributed by atoms with Crippen molar-refractivity contribution < 1.29 is 9.13 Å². The van der Waals surface area contributed by atoms with Gasteiger partial charge in [-0.1, -0.05) is 13.0 Å². The second-order valence-corrected chi connectivity index (χ2v) is 4.11. The fourth-order valence-corrected chi connectivity index (χ4v) is 1.63. The van der Waals surface area contributed by atoms with Crippen LogP contribution in [0.1, 0.15) is 18.4 Å². The summed E-state index contributed by atoms with van der Waals surface area (Å²) in [5.74, 6) is 0.768. The SMILES string of the molecule is COc1cc(C(C)CF)ccc1I. The predicted octanol–water partition coefficient (Wildman–Crippen LogP) is 3.37. The number of rotatable bonds is 3. The molecule has 13 heavy (non-hydrogen) atoms. The fourth-order valence-electron chi connectivity index (χ4n) is 1.07. The Bertz CT molecular complexity index is 288. The Morgan fingerprint density at radius 2 is 2.23 bits per heavy atom. The molecule has 0 amide bonds. The third kappa shape index (κ3) is 2.56. The van der Waals surface area contributed by atoms with Crippen LogP contribution < -0.4 is 4.74 Å². The van der Waals surface area contributed by atoms with Crippen molar-refractivity contribution in [1.29, 1.82) is 0 Å². The number of halogens is 2. The average molecular weight is 294 g/mol. The third-order valence-electron chi connectivity index (χ3n) is 1.98. The monoisotopic (exact) mass is 294 g/mol. The highest BCUT2D eigenvalue weighted by Crippen LogP contribution is 2.25. The van der Waals surface area contributed by atoms with Gasteiger partial charge in [0.25, 0.3) is 0 Å². The zero-order chi connectivity index (χ0) is 9.84. The summed E-state index contributed by atoms with van der Waals surface area (Å²) in [6.07, 6.45) is 0. The Kier molecular flexibility index (Phi) is 3.96. The normalized spacial score (nSPS) is 12.6. The highest BCUT2D eigenvalue weighted by Gasteiger charge is 2.07. The topological polar surface area (TPSA) is 9.23 Å². The van der Waals surface area contributed by atoms with Crippen molar-refractivity contribution >= 4 is 22.6 Å². The summed E-state index contributed by atoms with van der Waals surface area (Å²) in [6.45, 7) is 1.53. The molecule has 0 bridgehead atoms. The summed E-state index contributed by atoms with van der Waals surface area (Å²) < 4.78 is 18.6. The van der Waals surface area contributed by atoms with E-state index in [0.717, 1.165) is 14.9 Å². The Morgan fingerprint density at radius 1 is 1.54 bits per heavy atom. The molecule has 0 saturated carbocycles. The number of alkyl halides is 1. The largest absolute Gasteiger partial charge is 0.496 e. The van der Waals surface area contributed by atoms with Gasteiger partial charge in [0.15, 0.2) is 0 Å². The third-order valence-corrected chi connectivity index (χ3v) is 2.87. The van der Waals surface area contributed by atoms with E-state index in [1.54, 1.807) is 7.11 Å². The van der Waals surface area contributed by atoms with Crippen LogP contribution in [0.25, 0.3) is 0 Å². The molecule has 1 aromatic carbocycles. The van der Waals surface area contributed by atoms with Gasteiger partial charge in [0.1, 0.15) is 5.75 Å². The zero-order valence-electron chi connectivity index (χ0n) is 7.68. The molecular weight excluding hydrogens is 282 g/mol. The first kappa shape index (κ1) is 10.8. The molecule has 1 aromatic rings. The number of hydrogen-bond donors (Lipinski definition) is 0. The van der Waals surface area contributed by atoms with E-state index in [0.29, 0.717) is 0 Å². The van der Waals surface area contributed by atoms with Crippen molar-refractivity contribution in [1.82, 2.24) is 0 Å². The minimum atomic E-state index is -0.330. The smallest absolute Gasteiger partial charge is 0.132 e. The molecule has 72 valence electrons. The minimum Gasteiger partial charge on any atom is -0.496 e. The molecule has 0 heterocycles. The molecule has 3 heteroatoms. The minimum absolute atomic E-state index is 0.0501. The van der Waals surface area contributed by atoms with Crippen LogP contribution in [0.5, 0.6) is 5.75 Å². The lowest BCUT2D eigenvalue weighted by molar-refractivity contribution is 0.408. The van der Waals surface area contributed by atoms with E-state index < -0.39 is 0 Å². The molecule has 0 radical (unpaired) electrons. The number of ether oxygens (including phenoxy) is 1. The standard InChI is InChI=1S/C10H12FIO/c1-7(6-11)8-3-4-9(12)10(5-8)13-2/h3-5,7H,6H2,1-2H3. The van der Waals surface area contributed by atoms with Gasteiger partial charge in [-0.2, -0.15) is 0 Å². The summed E-state index contributed by atoms with van der Waals surface area (Å²) in [7, 11) is 1.63. The van der Waals surface area contributed by atoms with Gasteiger partial charge in [-0.05, 0) is 40.3 Å². The van der Waals surface area contributed by atoms with E-state index in [-0.39, 0.29) is 12.6 Å². The number of hydrogen-bond acceptors (Lipinski definition) is 1. The van der Waals surface area contributed by atoms with Crippen molar-refractivity contribution in [3.8, 4) is 5.75 Å². The maximum absolute atomic E-state index is 12.4. The maximum atomic E-state index is 12.4. The van der Waals surface area contributed by atoms with Gasteiger partial charge in [-0.3, -0.25) is 4.39 Å². The molecule has 1 unspecified atom stereocenters. The molecule has 0 aliphatic heterocycles. The van der Waals surface area contributed by atoms with Crippen LogP contribution in [0.4, 0.5) is 4.39 Å². The van der Waals surface area contributed by atoms with E-state index in [1.165, 1.54) is 0 Å². The van der Waals surface area contributed by atoms with Crippen LogP contribution >= 0.6 is 22.6 Å². The Balaban J connectivity index is 2.99. The predicted molar refractivity (Wildman–Crippen MR) is 60.1 cm³/mol. The molecule has 0 spiro atoms. The van der Waals surface area contributed by atoms with Crippen LogP contribution in [0.15, 0.2) is 18.2 Å². The molecule has 0 fully saturated rings. The van der Waals surface area contributed by atoms with Crippen LogP contribution in [0, 0.1) is 3.57 Å². The van der Waals surface area contributed by atoms with Crippen molar-refractivity contribution in [2.45, 2.75) is 12.8 Å². The Morgan fingerprint density at radius 3 is 2.77 bits per heavy atom. The van der Waals surface area contributed by atoms with Gasteiger partial charge in [-0.15, -0.1) is 0 Å². The molecule has 1 rings (SSSR count). The van der Waals surface area contributed by atoms with Crippen molar-refractivity contribution in [3.05, 3.63) is 27.3 Å². The van der Waals surface area contributed by atoms with Gasteiger partial charge in [0.2, 0.25) is 0 Å². The highest BCUT2D eigenvalue weighted by molar-refractivity contribution is 14.1. The molecular formula is C10H12FIO. The molecule has 0 N–H and O–H groups in total. The van der Waals surface area contributed by atoms with E-state index in [2.05, 4.69) is 22.6 Å². The van der Waals surface area contributed by atoms with Gasteiger partial charge < -0.3 is 4.74 Å². The summed E-state index contributed by atoms with van der Waals surface area (Å²) in [5, 5.41) is 0. The first-order chi connectivity index (χ1) is 6.19. The van der Waals surface area contributed by atoms with Crippen LogP contribution in [0.3, 0.4) is 0 Å². The lowest BCUT2D eigenvalue weighted by Gasteiger charge is -2.10. The van der Waals surface area contributed by atoms with Crippen molar-refractivity contribution in [2.75, 3.05) is 13.8 Å². The van der Waals surface area contributed by atoms with Crippen LogP contribution in [0.2, 0.25) is 0 Å². The summed E-state index contributed by atoms with van der Waals surface area (Å²) in [5.41, 5.74) is 0.986. The Labute approximate surface area is 91.4 Å². The molecule has 0 aliphatic carbocycles. The molecule has 0 saturated heterocycles. The average Bonchev–Trinajstić information content (AvgIpc) is 2.17. The molecule has 0 aliphatic rings.